The normalized spacial score (nSPS) is 14.1. The molecule has 4 N–H and O–H groups in total. The van der Waals surface area contributed by atoms with Crippen molar-refractivity contribution in [3.63, 3.8) is 0 Å². The fraction of sp³-hybridized carbons (Fsp3) is 0.400. The highest BCUT2D eigenvalue weighted by molar-refractivity contribution is 7.15. The number of carboxylic acid groups (broad SMARTS) is 1. The van der Waals surface area contributed by atoms with Gasteiger partial charge in [0.15, 0.2) is 0 Å². The van der Waals surface area contributed by atoms with Crippen molar-refractivity contribution in [3.05, 3.63) is 21.9 Å². The number of carbonyl (C=O) groups excluding carboxylic acids is 1. The summed E-state index contributed by atoms with van der Waals surface area (Å²) in [6.45, 7) is 1.58. The number of hydrogen-bond donors (Lipinski definition) is 3. The molecule has 1 aliphatic heterocycles. The largest absolute Gasteiger partial charge is 0.477 e. The van der Waals surface area contributed by atoms with E-state index in [1.54, 1.807) is 11.0 Å². The van der Waals surface area contributed by atoms with E-state index in [-0.39, 0.29) is 10.8 Å². The van der Waals surface area contributed by atoms with Crippen molar-refractivity contribution in [1.82, 2.24) is 4.90 Å². The minimum Gasteiger partial charge on any atom is -0.477 e. The maximum absolute atomic E-state index is 11.8. The van der Waals surface area contributed by atoms with Crippen molar-refractivity contribution >= 4 is 23.2 Å². The quantitative estimate of drug-likeness (QED) is 0.687. The predicted molar refractivity (Wildman–Crippen MR) is 62.4 cm³/mol. The summed E-state index contributed by atoms with van der Waals surface area (Å²) in [4.78, 5) is 25.0. The van der Waals surface area contributed by atoms with Crippen LogP contribution in [0.5, 0.6) is 0 Å². The van der Waals surface area contributed by atoms with E-state index in [4.69, 9.17) is 10.3 Å². The van der Waals surface area contributed by atoms with E-state index in [1.165, 1.54) is 6.07 Å². The summed E-state index contributed by atoms with van der Waals surface area (Å²) in [6.07, 6.45) is 2.09. The molecule has 6 nitrogen and oxygen atoms in total. The summed E-state index contributed by atoms with van der Waals surface area (Å²) in [6, 6.07) is 3.07. The number of likely N-dealkylation sites (tertiary alicyclic amines) is 1. The number of rotatable bonds is 2. The van der Waals surface area contributed by atoms with Crippen LogP contribution in [0, 0.1) is 0 Å². The Morgan fingerprint density at radius 3 is 2.18 bits per heavy atom. The third-order valence-corrected chi connectivity index (χ3v) is 3.48. The molecule has 2 rings (SSSR count). The lowest BCUT2D eigenvalue weighted by Crippen LogP contribution is -2.26. The number of amides is 1. The molecule has 0 aliphatic carbocycles. The van der Waals surface area contributed by atoms with Crippen molar-refractivity contribution in [2.24, 2.45) is 5.90 Å². The molecule has 1 fully saturated rings. The maximum Gasteiger partial charge on any atom is 0.345 e. The fourth-order valence-electron chi connectivity index (χ4n) is 1.64. The molecule has 0 radical (unpaired) electrons. The number of carboxylic acids is 1. The number of nitrogens with zero attached hydrogens (tertiary/aromatic N) is 1. The molecule has 0 atom stereocenters. The van der Waals surface area contributed by atoms with Crippen molar-refractivity contribution in [2.45, 2.75) is 12.8 Å². The molecule has 94 valence electrons. The van der Waals surface area contributed by atoms with Crippen LogP contribution in [0.1, 0.15) is 32.2 Å². The Morgan fingerprint density at radius 2 is 1.71 bits per heavy atom. The van der Waals surface area contributed by atoms with Crippen molar-refractivity contribution in [1.29, 1.82) is 0 Å². The monoisotopic (exact) mass is 258 g/mol. The molecule has 0 bridgehead atoms. The first-order valence-corrected chi connectivity index (χ1v) is 5.88. The number of thiophene rings is 1. The fourth-order valence-corrected chi connectivity index (χ4v) is 2.46. The third kappa shape index (κ3) is 3.26. The van der Waals surface area contributed by atoms with Crippen LogP contribution < -0.4 is 5.90 Å². The molecule has 0 aromatic carbocycles. The van der Waals surface area contributed by atoms with Crippen molar-refractivity contribution in [2.75, 3.05) is 13.1 Å². The van der Waals surface area contributed by atoms with E-state index >= 15 is 0 Å². The Morgan fingerprint density at radius 1 is 1.18 bits per heavy atom. The molecular weight excluding hydrogens is 244 g/mol. The third-order valence-electron chi connectivity index (χ3n) is 2.42. The number of nitrogens with two attached hydrogens (primary N) is 1. The van der Waals surface area contributed by atoms with Gasteiger partial charge in [-0.1, -0.05) is 0 Å². The van der Waals surface area contributed by atoms with Gasteiger partial charge in [-0.05, 0) is 25.0 Å². The van der Waals surface area contributed by atoms with E-state index in [0.29, 0.717) is 4.88 Å². The van der Waals surface area contributed by atoms with Gasteiger partial charge < -0.3 is 15.2 Å². The second-order valence-corrected chi connectivity index (χ2v) is 4.55. The van der Waals surface area contributed by atoms with E-state index in [9.17, 15) is 9.59 Å². The highest BCUT2D eigenvalue weighted by atomic mass is 32.1. The standard InChI is InChI=1S/C10H11NO3S.H3NO/c12-9(11-5-1-2-6-11)7-3-4-8(15-7)10(13)14;1-2/h3-4H,1-2,5-6H2,(H,13,14);2H,1H2. The predicted octanol–water partition coefficient (Wildman–Crippen LogP) is 1.02. The molecule has 1 aromatic rings. The number of carbonyl (C=O) groups is 2. The smallest absolute Gasteiger partial charge is 0.345 e. The van der Waals surface area contributed by atoms with E-state index in [1.807, 2.05) is 0 Å². The summed E-state index contributed by atoms with van der Waals surface area (Å²) >= 11 is 1.05. The van der Waals surface area contributed by atoms with Crippen LogP contribution >= 0.6 is 11.3 Å². The van der Waals surface area contributed by atoms with Crippen LogP contribution in [0.15, 0.2) is 12.1 Å². The van der Waals surface area contributed by atoms with Crippen LogP contribution in [-0.4, -0.2) is 40.2 Å². The van der Waals surface area contributed by atoms with Crippen LogP contribution in [0.25, 0.3) is 0 Å². The Bertz CT molecular complexity index is 399. The Balaban J connectivity index is 0.000000686. The van der Waals surface area contributed by atoms with E-state index < -0.39 is 5.97 Å². The average molecular weight is 258 g/mol. The topological polar surface area (TPSA) is 104 Å². The minimum atomic E-state index is -0.972. The van der Waals surface area contributed by atoms with Gasteiger partial charge in [-0.2, -0.15) is 0 Å². The minimum absolute atomic E-state index is 0.0370. The number of aromatic carboxylic acids is 1. The SMILES string of the molecule is NO.O=C(O)c1ccc(C(=O)N2CCCC2)s1. The van der Waals surface area contributed by atoms with Gasteiger partial charge in [-0.25, -0.2) is 10.7 Å². The molecular formula is C10H14N2O4S. The molecule has 7 heteroatoms. The van der Waals surface area contributed by atoms with E-state index in [0.717, 1.165) is 37.3 Å². The Kier molecular flexibility index (Phi) is 5.08. The molecule has 1 aromatic heterocycles. The molecule has 0 spiro atoms. The molecule has 1 aliphatic rings. The lowest BCUT2D eigenvalue weighted by Gasteiger charge is -2.13. The Labute approximate surface area is 102 Å². The van der Waals surface area contributed by atoms with Gasteiger partial charge >= 0.3 is 5.97 Å². The number of hydrogen-bond acceptors (Lipinski definition) is 5. The molecule has 17 heavy (non-hydrogen) atoms. The van der Waals surface area contributed by atoms with Gasteiger partial charge in [0.05, 0.1) is 4.88 Å². The summed E-state index contributed by atoms with van der Waals surface area (Å²) in [5, 5.41) is 15.2. The molecule has 1 saturated heterocycles. The summed E-state index contributed by atoms with van der Waals surface area (Å²) in [5.41, 5.74) is 0. The lowest BCUT2D eigenvalue weighted by molar-refractivity contribution is 0.0701. The lowest BCUT2D eigenvalue weighted by atomic mass is 10.4. The zero-order valence-corrected chi connectivity index (χ0v) is 9.94. The van der Waals surface area contributed by atoms with Gasteiger partial charge in [0.1, 0.15) is 4.88 Å². The molecule has 2 heterocycles. The van der Waals surface area contributed by atoms with Crippen LogP contribution in [0.3, 0.4) is 0 Å². The molecule has 1 amide bonds. The van der Waals surface area contributed by atoms with Gasteiger partial charge in [0, 0.05) is 13.1 Å². The van der Waals surface area contributed by atoms with Gasteiger partial charge in [0.2, 0.25) is 0 Å². The summed E-state index contributed by atoms with van der Waals surface area (Å²) in [7, 11) is 0. The maximum atomic E-state index is 11.8. The second kappa shape index (κ2) is 6.33. The first kappa shape index (κ1) is 13.6. The Hall–Kier alpha value is -1.44. The zero-order chi connectivity index (χ0) is 12.8. The van der Waals surface area contributed by atoms with Crippen LogP contribution in [0.4, 0.5) is 0 Å². The van der Waals surface area contributed by atoms with Crippen LogP contribution in [-0.2, 0) is 0 Å². The van der Waals surface area contributed by atoms with Crippen molar-refractivity contribution in [3.8, 4) is 0 Å². The van der Waals surface area contributed by atoms with E-state index in [2.05, 4.69) is 5.90 Å². The van der Waals surface area contributed by atoms with Gasteiger partial charge in [0.25, 0.3) is 5.91 Å². The van der Waals surface area contributed by atoms with Crippen LogP contribution in [0.2, 0.25) is 0 Å². The summed E-state index contributed by atoms with van der Waals surface area (Å²) < 4.78 is 0. The molecule has 0 saturated carbocycles. The van der Waals surface area contributed by atoms with Gasteiger partial charge in [-0.3, -0.25) is 4.79 Å². The highest BCUT2D eigenvalue weighted by Crippen LogP contribution is 2.20. The average Bonchev–Trinajstić information content (AvgIpc) is 3.02. The van der Waals surface area contributed by atoms with Gasteiger partial charge in [-0.15, -0.1) is 11.3 Å². The zero-order valence-electron chi connectivity index (χ0n) is 9.13. The highest BCUT2D eigenvalue weighted by Gasteiger charge is 2.21. The second-order valence-electron chi connectivity index (χ2n) is 3.47. The first-order valence-electron chi connectivity index (χ1n) is 5.07. The first-order chi connectivity index (χ1) is 8.18. The summed E-state index contributed by atoms with van der Waals surface area (Å²) in [5.74, 6) is 2.49. The van der Waals surface area contributed by atoms with Crippen molar-refractivity contribution < 1.29 is 19.9 Å². The molecule has 0 unspecified atom stereocenters.